The highest BCUT2D eigenvalue weighted by molar-refractivity contribution is 6.25. The standard InChI is InChI=1S/C43H46FN5O8/c1-26(27-5-7-28(8-6-27)32-17-18-45-35-14-9-29(44)25-34(32)35)40(51)47-30-10-12-31(13-11-30)57-24-23-56-22-21-55-20-19-46-36-4-2-3-33-39(36)43(54)49(42(33)53)37-15-16-38(50)48-41(37)52/h2-4,9-14,17-18,25-28,37,46H,5-8,15-16,19-24H2,1H3,(H,47,51)(H,48,50,52)/t26-,27?,28?,37?/m1/s1. The Labute approximate surface area is 329 Å². The third kappa shape index (κ3) is 9.13. The van der Waals surface area contributed by atoms with Crippen LogP contribution in [0.3, 0.4) is 0 Å². The molecular weight excluding hydrogens is 733 g/mol. The molecule has 1 saturated carbocycles. The van der Waals surface area contributed by atoms with E-state index < -0.39 is 29.7 Å². The summed E-state index contributed by atoms with van der Waals surface area (Å²) >= 11 is 0. The molecule has 1 aliphatic carbocycles. The lowest BCUT2D eigenvalue weighted by atomic mass is 9.73. The van der Waals surface area contributed by atoms with Crippen LogP contribution in [-0.4, -0.2) is 85.0 Å². The van der Waals surface area contributed by atoms with Crippen molar-refractivity contribution in [3.63, 3.8) is 0 Å². The Hall–Kier alpha value is -5.73. The lowest BCUT2D eigenvalue weighted by molar-refractivity contribution is -0.136. The fraction of sp³-hybridized carbons (Fsp3) is 0.395. The summed E-state index contributed by atoms with van der Waals surface area (Å²) in [6, 6.07) is 17.9. The monoisotopic (exact) mass is 779 g/mol. The van der Waals surface area contributed by atoms with Gasteiger partial charge < -0.3 is 24.8 Å². The van der Waals surface area contributed by atoms with E-state index in [1.807, 2.05) is 37.3 Å². The number of rotatable bonds is 16. The van der Waals surface area contributed by atoms with Gasteiger partial charge in [0.05, 0.1) is 43.1 Å². The number of hydrogen-bond donors (Lipinski definition) is 3. The number of aromatic nitrogens is 1. The van der Waals surface area contributed by atoms with Gasteiger partial charge >= 0.3 is 0 Å². The van der Waals surface area contributed by atoms with Crippen LogP contribution in [0.4, 0.5) is 15.8 Å². The fourth-order valence-electron chi connectivity index (χ4n) is 7.99. The predicted octanol–water partition coefficient (Wildman–Crippen LogP) is 5.85. The third-order valence-corrected chi connectivity index (χ3v) is 11.1. The Morgan fingerprint density at radius 1 is 0.895 bits per heavy atom. The van der Waals surface area contributed by atoms with Gasteiger partial charge in [-0.25, -0.2) is 4.39 Å². The van der Waals surface area contributed by atoms with Gasteiger partial charge in [-0.1, -0.05) is 13.0 Å². The van der Waals surface area contributed by atoms with E-state index in [0.29, 0.717) is 62.6 Å². The second kappa shape index (κ2) is 18.0. The van der Waals surface area contributed by atoms with E-state index in [1.165, 1.54) is 6.07 Å². The summed E-state index contributed by atoms with van der Waals surface area (Å²) in [7, 11) is 0. The quantitative estimate of drug-likeness (QED) is 0.0929. The Balaban J connectivity index is 0.756. The largest absolute Gasteiger partial charge is 0.491 e. The molecule has 2 atom stereocenters. The Morgan fingerprint density at radius 2 is 1.65 bits per heavy atom. The van der Waals surface area contributed by atoms with Gasteiger partial charge in [0.1, 0.15) is 24.2 Å². The van der Waals surface area contributed by atoms with Crippen molar-refractivity contribution in [3.8, 4) is 5.75 Å². The van der Waals surface area contributed by atoms with Gasteiger partial charge in [-0.05, 0) is 110 Å². The second-order valence-electron chi connectivity index (χ2n) is 14.7. The average Bonchev–Trinajstić information content (AvgIpc) is 3.47. The van der Waals surface area contributed by atoms with Crippen molar-refractivity contribution in [2.45, 2.75) is 57.4 Å². The molecule has 298 valence electrons. The van der Waals surface area contributed by atoms with Gasteiger partial charge in [-0.15, -0.1) is 0 Å². The number of pyridine rings is 1. The van der Waals surface area contributed by atoms with Gasteiger partial charge in [0.2, 0.25) is 17.7 Å². The predicted molar refractivity (Wildman–Crippen MR) is 209 cm³/mol. The van der Waals surface area contributed by atoms with E-state index in [1.54, 1.807) is 36.5 Å². The molecule has 1 aromatic heterocycles. The van der Waals surface area contributed by atoms with Crippen molar-refractivity contribution >= 4 is 51.8 Å². The van der Waals surface area contributed by atoms with Crippen LogP contribution < -0.4 is 20.7 Å². The SMILES string of the molecule is C[C@@H](C(=O)Nc1ccc(OCCOCCOCCNc2cccc3c2C(=O)N(C2CCC(=O)NC2=O)C3=O)cc1)C1CCC(c2ccnc3ccc(F)cc23)CC1. The average molecular weight is 780 g/mol. The number of piperidine rings is 1. The highest BCUT2D eigenvalue weighted by atomic mass is 19.1. The van der Waals surface area contributed by atoms with E-state index in [9.17, 15) is 28.4 Å². The molecule has 0 bridgehead atoms. The number of nitrogens with one attached hydrogen (secondary N) is 3. The number of ether oxygens (including phenoxy) is 3. The number of carbonyl (C=O) groups is 5. The Morgan fingerprint density at radius 3 is 2.42 bits per heavy atom. The minimum Gasteiger partial charge on any atom is -0.491 e. The first-order valence-electron chi connectivity index (χ1n) is 19.5. The topological polar surface area (TPSA) is 165 Å². The van der Waals surface area contributed by atoms with Gasteiger partial charge in [-0.2, -0.15) is 0 Å². The van der Waals surface area contributed by atoms with E-state index in [4.69, 9.17) is 14.2 Å². The van der Waals surface area contributed by atoms with Crippen LogP contribution in [0, 0.1) is 17.7 Å². The molecular formula is C43H46FN5O8. The summed E-state index contributed by atoms with van der Waals surface area (Å²) in [5.74, 6) is -1.37. The number of benzene rings is 3. The summed E-state index contributed by atoms with van der Waals surface area (Å²) in [4.78, 5) is 68.6. The van der Waals surface area contributed by atoms with Crippen LogP contribution in [-0.2, 0) is 23.9 Å². The van der Waals surface area contributed by atoms with E-state index in [0.717, 1.165) is 47.0 Å². The molecule has 0 radical (unpaired) electrons. The first-order valence-corrected chi connectivity index (χ1v) is 19.5. The highest BCUT2D eigenvalue weighted by Crippen LogP contribution is 2.41. The maximum Gasteiger partial charge on any atom is 0.264 e. The van der Waals surface area contributed by atoms with E-state index in [-0.39, 0.29) is 47.5 Å². The molecule has 3 N–H and O–H groups in total. The molecule has 1 saturated heterocycles. The molecule has 3 heterocycles. The number of hydrogen-bond acceptors (Lipinski definition) is 10. The van der Waals surface area contributed by atoms with Gasteiger partial charge in [0.15, 0.2) is 0 Å². The molecule has 3 aromatic carbocycles. The highest BCUT2D eigenvalue weighted by Gasteiger charge is 2.45. The first kappa shape index (κ1) is 39.5. The molecule has 2 fully saturated rings. The van der Waals surface area contributed by atoms with Crippen molar-refractivity contribution in [3.05, 3.63) is 95.4 Å². The number of nitrogens with zero attached hydrogens (tertiary/aromatic N) is 2. The van der Waals surface area contributed by atoms with Gasteiger partial charge in [0, 0.05) is 41.8 Å². The zero-order valence-electron chi connectivity index (χ0n) is 31.8. The van der Waals surface area contributed by atoms with E-state index in [2.05, 4.69) is 20.9 Å². The lowest BCUT2D eigenvalue weighted by Crippen LogP contribution is -2.54. The minimum atomic E-state index is -1.02. The summed E-state index contributed by atoms with van der Waals surface area (Å²) in [6.07, 6.45) is 5.69. The molecule has 57 heavy (non-hydrogen) atoms. The number of halogens is 1. The normalized spacial score (nSPS) is 20.0. The summed E-state index contributed by atoms with van der Waals surface area (Å²) in [5, 5.41) is 9.26. The third-order valence-electron chi connectivity index (χ3n) is 11.1. The molecule has 1 unspecified atom stereocenters. The summed E-state index contributed by atoms with van der Waals surface area (Å²) < 4.78 is 31.0. The molecule has 5 amide bonds. The maximum atomic E-state index is 14.0. The van der Waals surface area contributed by atoms with Crippen molar-refractivity contribution < 1.29 is 42.6 Å². The molecule has 13 nitrogen and oxygen atoms in total. The maximum absolute atomic E-state index is 14.0. The summed E-state index contributed by atoms with van der Waals surface area (Å²) in [5.41, 5.74) is 3.52. The van der Waals surface area contributed by atoms with Crippen LogP contribution >= 0.6 is 0 Å². The number of fused-ring (bicyclic) bond motifs is 2. The van der Waals surface area contributed by atoms with Crippen LogP contribution in [0.5, 0.6) is 5.75 Å². The van der Waals surface area contributed by atoms with Crippen molar-refractivity contribution in [2.75, 3.05) is 50.2 Å². The van der Waals surface area contributed by atoms with Gasteiger partial charge in [-0.3, -0.25) is 39.2 Å². The second-order valence-corrected chi connectivity index (χ2v) is 14.7. The van der Waals surface area contributed by atoms with Crippen LogP contribution in [0.15, 0.2) is 72.9 Å². The van der Waals surface area contributed by atoms with Crippen molar-refractivity contribution in [1.29, 1.82) is 0 Å². The fourth-order valence-corrected chi connectivity index (χ4v) is 7.99. The Kier molecular flexibility index (Phi) is 12.5. The lowest BCUT2D eigenvalue weighted by Gasteiger charge is -2.32. The van der Waals surface area contributed by atoms with Crippen LogP contribution in [0.25, 0.3) is 10.9 Å². The van der Waals surface area contributed by atoms with Crippen LogP contribution in [0.2, 0.25) is 0 Å². The molecule has 4 aromatic rings. The molecule has 2 aliphatic heterocycles. The minimum absolute atomic E-state index is 0.0107. The van der Waals surface area contributed by atoms with Crippen molar-refractivity contribution in [2.24, 2.45) is 11.8 Å². The zero-order chi connectivity index (χ0) is 39.9. The Bertz CT molecular complexity index is 2140. The number of amides is 5. The molecule has 3 aliphatic rings. The van der Waals surface area contributed by atoms with Crippen LogP contribution in [0.1, 0.15) is 77.6 Å². The number of carbonyl (C=O) groups excluding carboxylic acids is 5. The molecule has 0 spiro atoms. The zero-order valence-corrected chi connectivity index (χ0v) is 31.8. The van der Waals surface area contributed by atoms with Gasteiger partial charge in [0.25, 0.3) is 11.8 Å². The van der Waals surface area contributed by atoms with E-state index >= 15 is 0 Å². The first-order chi connectivity index (χ1) is 27.7. The smallest absolute Gasteiger partial charge is 0.264 e. The van der Waals surface area contributed by atoms with Crippen molar-refractivity contribution in [1.82, 2.24) is 15.2 Å². The number of imide groups is 2. The molecule has 7 rings (SSSR count). The number of anilines is 2. The summed E-state index contributed by atoms with van der Waals surface area (Å²) in [6.45, 7) is 4.05. The molecule has 14 heteroatoms.